The number of hydrogen-bond acceptors (Lipinski definition) is 8. The van der Waals surface area contributed by atoms with Crippen LogP contribution in [0.25, 0.3) is 22.2 Å². The lowest BCUT2D eigenvalue weighted by Crippen LogP contribution is -2.48. The van der Waals surface area contributed by atoms with Crippen molar-refractivity contribution < 1.29 is 17.9 Å². The Hall–Kier alpha value is -3.15. The molecule has 0 radical (unpaired) electrons. The molecule has 1 aliphatic rings. The van der Waals surface area contributed by atoms with Crippen LogP contribution in [-0.2, 0) is 16.6 Å². The van der Waals surface area contributed by atoms with Gasteiger partial charge in [0.25, 0.3) is 0 Å². The van der Waals surface area contributed by atoms with Crippen molar-refractivity contribution in [2.24, 2.45) is 0 Å². The van der Waals surface area contributed by atoms with Crippen molar-refractivity contribution >= 4 is 27.0 Å². The van der Waals surface area contributed by atoms with Crippen molar-refractivity contribution in [1.82, 2.24) is 23.7 Å². The number of piperazine rings is 1. The van der Waals surface area contributed by atoms with Crippen molar-refractivity contribution in [3.05, 3.63) is 42.6 Å². The summed E-state index contributed by atoms with van der Waals surface area (Å²) < 4.78 is 38.5. The average Bonchev–Trinajstić information content (AvgIpc) is 3.26. The fraction of sp³-hybridized carbons (Fsp3) is 0.417. The molecule has 1 aliphatic heterocycles. The Kier molecular flexibility index (Phi) is 7.58. The van der Waals surface area contributed by atoms with Gasteiger partial charge < -0.3 is 24.3 Å². The molecule has 0 aliphatic carbocycles. The van der Waals surface area contributed by atoms with Gasteiger partial charge in [-0.15, -0.1) is 0 Å². The topological polar surface area (TPSA) is 102 Å². The minimum Gasteiger partial charge on any atom is -0.497 e. The second-order valence-corrected chi connectivity index (χ2v) is 10.2. The van der Waals surface area contributed by atoms with Crippen LogP contribution in [-0.4, -0.2) is 86.1 Å². The van der Waals surface area contributed by atoms with E-state index in [1.165, 1.54) is 4.31 Å². The Morgan fingerprint density at radius 2 is 1.77 bits per heavy atom. The Bertz CT molecular complexity index is 1280. The van der Waals surface area contributed by atoms with Crippen LogP contribution in [0.15, 0.2) is 42.6 Å². The van der Waals surface area contributed by atoms with Crippen LogP contribution in [0.5, 0.6) is 11.5 Å². The molecule has 1 saturated heterocycles. The zero-order chi connectivity index (χ0) is 25.0. The number of rotatable bonds is 10. The number of aromatic nitrogens is 3. The van der Waals surface area contributed by atoms with Crippen molar-refractivity contribution in [3.8, 4) is 22.6 Å². The summed E-state index contributed by atoms with van der Waals surface area (Å²) in [6, 6.07) is 5.80. The van der Waals surface area contributed by atoms with Crippen LogP contribution in [0.1, 0.15) is 6.42 Å². The van der Waals surface area contributed by atoms with Gasteiger partial charge in [0.1, 0.15) is 17.1 Å². The summed E-state index contributed by atoms with van der Waals surface area (Å²) in [4.78, 5) is 11.4. The standard InChI is InChI=1S/C24H32N6O4S/c1-5-35(31,32)30-11-9-28(10-12-30)7-6-8-29-17-22(21-16-26-24(25-2)27-23(21)29)18-13-19(33-3)15-20(14-18)34-4/h5,13-17H,1,6-12H2,2-4H3,(H,25,26,27). The maximum Gasteiger partial charge on any atom is 0.235 e. The molecule has 0 bridgehead atoms. The van der Waals surface area contributed by atoms with Crippen molar-refractivity contribution in [3.63, 3.8) is 0 Å². The number of methoxy groups -OCH3 is 2. The molecule has 3 heterocycles. The molecule has 0 atom stereocenters. The highest BCUT2D eigenvalue weighted by molar-refractivity contribution is 7.92. The Labute approximate surface area is 206 Å². The minimum absolute atomic E-state index is 0.487. The van der Waals surface area contributed by atoms with Crippen LogP contribution in [0.3, 0.4) is 0 Å². The Morgan fingerprint density at radius 3 is 2.37 bits per heavy atom. The highest BCUT2D eigenvalue weighted by Gasteiger charge is 2.24. The van der Waals surface area contributed by atoms with Gasteiger partial charge in [-0.25, -0.2) is 13.4 Å². The number of nitrogens with one attached hydrogen (secondary N) is 1. The van der Waals surface area contributed by atoms with Gasteiger partial charge in [-0.1, -0.05) is 6.58 Å². The highest BCUT2D eigenvalue weighted by atomic mass is 32.2. The van der Waals surface area contributed by atoms with E-state index in [1.54, 1.807) is 21.3 Å². The second-order valence-electron chi connectivity index (χ2n) is 8.32. The summed E-state index contributed by atoms with van der Waals surface area (Å²) >= 11 is 0. The number of aryl methyl sites for hydroxylation is 1. The molecular formula is C24H32N6O4S. The van der Waals surface area contributed by atoms with E-state index in [9.17, 15) is 8.42 Å². The number of fused-ring (bicyclic) bond motifs is 1. The lowest BCUT2D eigenvalue weighted by Gasteiger charge is -2.33. The predicted octanol–water partition coefficient (Wildman–Crippen LogP) is 2.64. The zero-order valence-electron chi connectivity index (χ0n) is 20.4. The number of hydrogen-bond donors (Lipinski definition) is 1. The van der Waals surface area contributed by atoms with Crippen molar-refractivity contribution in [2.45, 2.75) is 13.0 Å². The lowest BCUT2D eigenvalue weighted by atomic mass is 10.1. The molecule has 35 heavy (non-hydrogen) atoms. The van der Waals surface area contributed by atoms with Crippen LogP contribution in [0.4, 0.5) is 5.95 Å². The summed E-state index contributed by atoms with van der Waals surface area (Å²) in [7, 11) is 1.73. The van der Waals surface area contributed by atoms with Gasteiger partial charge in [0.05, 0.1) is 14.2 Å². The summed E-state index contributed by atoms with van der Waals surface area (Å²) in [6.07, 6.45) is 4.84. The van der Waals surface area contributed by atoms with E-state index in [1.807, 2.05) is 24.4 Å². The molecule has 0 spiro atoms. The maximum atomic E-state index is 12.0. The smallest absolute Gasteiger partial charge is 0.235 e. The monoisotopic (exact) mass is 500 g/mol. The third-order valence-corrected chi connectivity index (χ3v) is 7.78. The van der Waals surface area contributed by atoms with Crippen LogP contribution in [0, 0.1) is 0 Å². The maximum absolute atomic E-state index is 12.0. The molecule has 188 valence electrons. The molecule has 2 aromatic heterocycles. The predicted molar refractivity (Wildman–Crippen MR) is 137 cm³/mol. The third kappa shape index (κ3) is 5.42. The Balaban J connectivity index is 1.53. The van der Waals surface area contributed by atoms with E-state index in [-0.39, 0.29) is 0 Å². The molecule has 11 heteroatoms. The summed E-state index contributed by atoms with van der Waals surface area (Å²) in [5.74, 6) is 1.99. The number of nitrogens with zero attached hydrogens (tertiary/aromatic N) is 5. The van der Waals surface area contributed by atoms with E-state index in [2.05, 4.69) is 32.5 Å². The number of sulfonamides is 1. The van der Waals surface area contributed by atoms with E-state index in [0.29, 0.717) is 43.6 Å². The summed E-state index contributed by atoms with van der Waals surface area (Å²) in [5, 5.41) is 4.99. The molecule has 0 unspecified atom stereocenters. The van der Waals surface area contributed by atoms with Crippen molar-refractivity contribution in [1.29, 1.82) is 0 Å². The van der Waals surface area contributed by atoms with Crippen LogP contribution < -0.4 is 14.8 Å². The Morgan fingerprint density at radius 1 is 1.09 bits per heavy atom. The first kappa shape index (κ1) is 25.0. The summed E-state index contributed by atoms with van der Waals surface area (Å²) in [6.45, 7) is 7.44. The number of benzene rings is 1. The summed E-state index contributed by atoms with van der Waals surface area (Å²) in [5.41, 5.74) is 2.82. The fourth-order valence-electron chi connectivity index (χ4n) is 4.33. The molecule has 1 N–H and O–H groups in total. The third-order valence-electron chi connectivity index (χ3n) is 6.28. The minimum atomic E-state index is -3.34. The first-order valence-corrected chi connectivity index (χ1v) is 13.0. The zero-order valence-corrected chi connectivity index (χ0v) is 21.2. The van der Waals surface area contributed by atoms with E-state index in [4.69, 9.17) is 14.5 Å². The van der Waals surface area contributed by atoms with Gasteiger partial charge in [-0.05, 0) is 30.7 Å². The molecule has 4 rings (SSSR count). The molecule has 1 fully saturated rings. The molecule has 1 aromatic carbocycles. The molecule has 3 aromatic rings. The van der Waals surface area contributed by atoms with E-state index >= 15 is 0 Å². The van der Waals surface area contributed by atoms with Gasteiger partial charge in [-0.3, -0.25) is 0 Å². The number of ether oxygens (including phenoxy) is 2. The van der Waals surface area contributed by atoms with E-state index < -0.39 is 10.0 Å². The first-order chi connectivity index (χ1) is 16.9. The van der Waals surface area contributed by atoms with Crippen LogP contribution in [0.2, 0.25) is 0 Å². The molecule has 0 saturated carbocycles. The molecule has 0 amide bonds. The van der Waals surface area contributed by atoms with Crippen molar-refractivity contribution in [2.75, 3.05) is 59.3 Å². The average molecular weight is 501 g/mol. The molecular weight excluding hydrogens is 468 g/mol. The second kappa shape index (κ2) is 10.6. The van der Waals surface area contributed by atoms with Gasteiger partial charge in [0.2, 0.25) is 16.0 Å². The highest BCUT2D eigenvalue weighted by Crippen LogP contribution is 2.35. The van der Waals surface area contributed by atoms with Gasteiger partial charge in [0.15, 0.2) is 0 Å². The van der Waals surface area contributed by atoms with E-state index in [0.717, 1.165) is 47.1 Å². The van der Waals surface area contributed by atoms with Gasteiger partial charge in [0, 0.05) is 74.6 Å². The number of anilines is 1. The first-order valence-electron chi connectivity index (χ1n) is 11.5. The SMILES string of the molecule is C=CS(=O)(=O)N1CCN(CCCn2cc(-c3cc(OC)cc(OC)c3)c3cnc(NC)nc32)CC1. The molecule has 10 nitrogen and oxygen atoms in total. The lowest BCUT2D eigenvalue weighted by molar-refractivity contribution is 0.185. The van der Waals surface area contributed by atoms with Gasteiger partial charge >= 0.3 is 0 Å². The largest absolute Gasteiger partial charge is 0.497 e. The quantitative estimate of drug-likeness (QED) is 0.453. The fourth-order valence-corrected chi connectivity index (χ4v) is 5.21. The normalized spacial score (nSPS) is 15.3. The van der Waals surface area contributed by atoms with Gasteiger partial charge in [-0.2, -0.15) is 9.29 Å². The van der Waals surface area contributed by atoms with Crippen LogP contribution >= 0.6 is 0 Å².